The number of aliphatic carboxylic acids is 1. The number of hydrogen-bond donors (Lipinski definition) is 13. The highest BCUT2D eigenvalue weighted by Gasteiger charge is 2.38. The van der Waals surface area contributed by atoms with Crippen LogP contribution in [0.15, 0.2) is 0 Å². The number of carbonyl (C=O) groups excluding carboxylic acids is 8. The number of unbranched alkanes of at least 4 members (excludes halogenated alkanes) is 2. The van der Waals surface area contributed by atoms with Crippen LogP contribution in [0.3, 0.4) is 0 Å². The third kappa shape index (κ3) is 22.0. The van der Waals surface area contributed by atoms with Gasteiger partial charge in [-0.1, -0.05) is 83.1 Å². The van der Waals surface area contributed by atoms with Gasteiger partial charge < -0.3 is 64.8 Å². The third-order valence-corrected chi connectivity index (χ3v) is 11.5. The first-order chi connectivity index (χ1) is 31.2. The van der Waals surface area contributed by atoms with Gasteiger partial charge in [-0.15, -0.1) is 0 Å². The van der Waals surface area contributed by atoms with Crippen LogP contribution in [-0.2, 0) is 43.2 Å². The van der Waals surface area contributed by atoms with Crippen LogP contribution in [0.25, 0.3) is 0 Å². The molecular weight excluding hydrogens is 887 g/mol. The molecule has 0 aromatic rings. The first-order valence-corrected chi connectivity index (χ1v) is 24.2. The summed E-state index contributed by atoms with van der Waals surface area (Å²) in [5.41, 5.74) is 17.0. The number of carbonyl (C=O) groups is 9. The molecule has 0 aromatic heterocycles. The van der Waals surface area contributed by atoms with Crippen molar-refractivity contribution in [2.45, 2.75) is 176 Å². The summed E-state index contributed by atoms with van der Waals surface area (Å²) in [6, 6.07) is -10.2. The topological polar surface area (TPSA) is 348 Å². The third-order valence-electron chi connectivity index (χ3n) is 11.2. The van der Waals surface area contributed by atoms with E-state index in [4.69, 9.17) is 17.2 Å². The minimum atomic E-state index is -1.23. The summed E-state index contributed by atoms with van der Waals surface area (Å²) in [7, 11) is 0. The smallest absolute Gasteiger partial charge is 0.326 e. The van der Waals surface area contributed by atoms with Gasteiger partial charge in [0, 0.05) is 5.75 Å². The standard InChI is InChI=1S/C45H85N11O10S/c1-22(2)31(39(59)49-29(17-13-15-19-46)38(58)50-30(45(65)66)18-14-16-20-47)52-41(61)33(24(5)6)54-43(63)35(26(9)10)56-44(64)36(27(11)12)55-42(62)34(25(7)8)53-40(60)32(23(3)4)51-37(57)28(48)21-67/h22-36,67H,13-21,46-48H2,1-12H3,(H,49,59)(H,50,58)(H,51,57)(H,52,61)(H,53,60)(H,54,63)(H,55,62)(H,56,64)(H,65,66)/t28-,29-,30-,31-,32-,33-,34-,35-,36-/m0/s1. The molecule has 8 amide bonds. The molecule has 0 heterocycles. The van der Waals surface area contributed by atoms with Crippen LogP contribution >= 0.6 is 12.6 Å². The molecule has 0 radical (unpaired) electrons. The number of hydrogen-bond acceptors (Lipinski definition) is 13. The molecule has 0 aliphatic rings. The Morgan fingerprint density at radius 1 is 0.388 bits per heavy atom. The number of amides is 8. The molecule has 0 aliphatic heterocycles. The molecule has 0 aliphatic carbocycles. The van der Waals surface area contributed by atoms with Gasteiger partial charge in [0.05, 0.1) is 6.04 Å². The SMILES string of the molecule is CC(C)[C@H](NC(=O)[C@@H](NC(=O)[C@@H](NC(=O)[C@@H](NC(=O)[C@@H](NC(=O)[C@@H](NC(=O)[C@@H](N)CS)C(C)C)C(C)C)C(C)C)C(C)C)C(C)C)C(=O)N[C@@H](CCCCN)C(=O)N[C@@H](CCCCN)C(=O)O. The quantitative estimate of drug-likeness (QED) is 0.0296. The van der Waals surface area contributed by atoms with E-state index in [0.29, 0.717) is 38.8 Å². The normalized spacial score (nSPS) is 15.7. The van der Waals surface area contributed by atoms with E-state index in [9.17, 15) is 48.3 Å². The van der Waals surface area contributed by atoms with Crippen molar-refractivity contribution in [1.82, 2.24) is 42.5 Å². The Morgan fingerprint density at radius 2 is 0.627 bits per heavy atom. The zero-order valence-corrected chi connectivity index (χ0v) is 42.7. The Labute approximate surface area is 403 Å². The van der Waals surface area contributed by atoms with Crippen LogP contribution < -0.4 is 59.7 Å². The fraction of sp³-hybridized carbons (Fsp3) is 0.800. The minimum absolute atomic E-state index is 0.0541. The Kier molecular flexibility index (Phi) is 29.4. The monoisotopic (exact) mass is 972 g/mol. The molecule has 67 heavy (non-hydrogen) atoms. The van der Waals surface area contributed by atoms with E-state index >= 15 is 0 Å². The van der Waals surface area contributed by atoms with Gasteiger partial charge in [0.25, 0.3) is 0 Å². The van der Waals surface area contributed by atoms with Crippen molar-refractivity contribution >= 4 is 65.9 Å². The average molecular weight is 972 g/mol. The summed E-state index contributed by atoms with van der Waals surface area (Å²) < 4.78 is 0. The fourth-order valence-corrected chi connectivity index (χ4v) is 6.98. The highest BCUT2D eigenvalue weighted by atomic mass is 32.1. The van der Waals surface area contributed by atoms with Crippen molar-refractivity contribution < 1.29 is 48.3 Å². The lowest BCUT2D eigenvalue weighted by Gasteiger charge is -2.32. The number of carboxylic acid groups (broad SMARTS) is 1. The average Bonchev–Trinajstić information content (AvgIpc) is 3.24. The largest absolute Gasteiger partial charge is 0.480 e. The summed E-state index contributed by atoms with van der Waals surface area (Å²) in [5.74, 6) is -9.41. The number of thiol groups is 1. The van der Waals surface area contributed by atoms with Gasteiger partial charge in [0.15, 0.2) is 0 Å². The summed E-state index contributed by atoms with van der Waals surface area (Å²) in [6.45, 7) is 21.1. The van der Waals surface area contributed by atoms with Gasteiger partial charge in [0.2, 0.25) is 47.3 Å². The molecule has 15 N–H and O–H groups in total. The summed E-state index contributed by atoms with van der Waals surface area (Å²) in [6.07, 6.45) is 2.31. The van der Waals surface area contributed by atoms with Crippen molar-refractivity contribution in [3.05, 3.63) is 0 Å². The molecule has 0 saturated carbocycles. The van der Waals surface area contributed by atoms with Crippen molar-refractivity contribution in [3.63, 3.8) is 0 Å². The maximum absolute atomic E-state index is 14.0. The number of nitrogens with two attached hydrogens (primary N) is 3. The number of carboxylic acids is 1. The van der Waals surface area contributed by atoms with Gasteiger partial charge in [0.1, 0.15) is 48.3 Å². The molecule has 0 saturated heterocycles. The van der Waals surface area contributed by atoms with E-state index in [1.807, 2.05) is 0 Å². The Bertz CT molecular complexity index is 1630. The molecule has 0 bridgehead atoms. The van der Waals surface area contributed by atoms with Gasteiger partial charge in [-0.2, -0.15) is 12.6 Å². The number of rotatable bonds is 32. The van der Waals surface area contributed by atoms with E-state index < -0.39 is 137 Å². The molecular formula is C45H85N11O10S. The highest BCUT2D eigenvalue weighted by Crippen LogP contribution is 2.14. The second kappa shape index (κ2) is 31.5. The van der Waals surface area contributed by atoms with E-state index in [1.165, 1.54) is 0 Å². The summed E-state index contributed by atoms with van der Waals surface area (Å²) in [5, 5.41) is 31.2. The first-order valence-electron chi connectivity index (χ1n) is 23.6. The summed E-state index contributed by atoms with van der Waals surface area (Å²) >= 11 is 4.04. The van der Waals surface area contributed by atoms with Crippen LogP contribution in [0.2, 0.25) is 0 Å². The predicted octanol–water partition coefficient (Wildman–Crippen LogP) is -0.600. The zero-order valence-electron chi connectivity index (χ0n) is 41.8. The van der Waals surface area contributed by atoms with Crippen molar-refractivity contribution in [3.8, 4) is 0 Å². The molecule has 386 valence electrons. The minimum Gasteiger partial charge on any atom is -0.480 e. The Morgan fingerprint density at radius 3 is 0.866 bits per heavy atom. The van der Waals surface area contributed by atoms with Crippen LogP contribution in [0.1, 0.15) is 122 Å². The second-order valence-electron chi connectivity index (χ2n) is 19.2. The Hall–Kier alpha value is -4.54. The van der Waals surface area contributed by atoms with Gasteiger partial charge in [-0.25, -0.2) is 4.79 Å². The lowest BCUT2D eigenvalue weighted by molar-refractivity contribution is -0.142. The van der Waals surface area contributed by atoms with Crippen LogP contribution in [0, 0.1) is 35.5 Å². The zero-order chi connectivity index (χ0) is 51.9. The predicted molar refractivity (Wildman–Crippen MR) is 260 cm³/mol. The second-order valence-corrected chi connectivity index (χ2v) is 19.6. The molecule has 0 fully saturated rings. The van der Waals surface area contributed by atoms with E-state index in [0.717, 1.165) is 0 Å². The lowest BCUT2D eigenvalue weighted by atomic mass is 9.96. The molecule has 21 nitrogen and oxygen atoms in total. The first kappa shape index (κ1) is 62.5. The van der Waals surface area contributed by atoms with E-state index in [-0.39, 0.29) is 24.5 Å². The van der Waals surface area contributed by atoms with Crippen LogP contribution in [-0.4, -0.2) is 132 Å². The molecule has 0 spiro atoms. The molecule has 0 aromatic carbocycles. The molecule has 0 rings (SSSR count). The maximum atomic E-state index is 14.0. The van der Waals surface area contributed by atoms with Crippen molar-refractivity contribution in [2.75, 3.05) is 18.8 Å². The number of nitrogens with one attached hydrogen (secondary N) is 8. The van der Waals surface area contributed by atoms with E-state index in [2.05, 4.69) is 55.2 Å². The van der Waals surface area contributed by atoms with Crippen molar-refractivity contribution in [1.29, 1.82) is 0 Å². The molecule has 0 unspecified atom stereocenters. The fourth-order valence-electron chi connectivity index (χ4n) is 6.81. The maximum Gasteiger partial charge on any atom is 0.326 e. The Balaban J connectivity index is 6.28. The summed E-state index contributed by atoms with van der Waals surface area (Å²) in [4.78, 5) is 121. The van der Waals surface area contributed by atoms with E-state index in [1.54, 1.807) is 83.1 Å². The van der Waals surface area contributed by atoms with Crippen LogP contribution in [0.4, 0.5) is 0 Å². The van der Waals surface area contributed by atoms with Gasteiger partial charge >= 0.3 is 5.97 Å². The van der Waals surface area contributed by atoms with Gasteiger partial charge in [-0.3, -0.25) is 38.4 Å². The van der Waals surface area contributed by atoms with Gasteiger partial charge in [-0.05, 0) is 87.1 Å². The highest BCUT2D eigenvalue weighted by molar-refractivity contribution is 7.80. The molecule has 9 atom stereocenters. The van der Waals surface area contributed by atoms with Crippen molar-refractivity contribution in [2.24, 2.45) is 52.7 Å². The van der Waals surface area contributed by atoms with Crippen LogP contribution in [0.5, 0.6) is 0 Å². The lowest BCUT2D eigenvalue weighted by Crippen LogP contribution is -2.63. The molecule has 22 heteroatoms.